The van der Waals surface area contributed by atoms with E-state index < -0.39 is 10.8 Å². The third kappa shape index (κ3) is 8.21. The first-order valence-electron chi connectivity index (χ1n) is 34.9. The van der Waals surface area contributed by atoms with Gasteiger partial charge in [-0.3, -0.25) is 0 Å². The van der Waals surface area contributed by atoms with Gasteiger partial charge in [0.15, 0.2) is 0 Å². The summed E-state index contributed by atoms with van der Waals surface area (Å²) in [6, 6.07) is 126. The molecule has 0 aliphatic heterocycles. The van der Waals surface area contributed by atoms with Crippen LogP contribution >= 0.6 is 0 Å². The molecule has 14 aromatic carbocycles. The second-order valence-corrected chi connectivity index (χ2v) is 27.4. The lowest BCUT2D eigenvalue weighted by Gasteiger charge is -2.34. The van der Waals surface area contributed by atoms with E-state index in [-0.39, 0.29) is 10.8 Å². The van der Waals surface area contributed by atoms with E-state index in [1.807, 2.05) is 0 Å². The quantitative estimate of drug-likeness (QED) is 0.108. The Labute approximate surface area is 566 Å². The summed E-state index contributed by atoms with van der Waals surface area (Å²) in [7, 11) is 0. The summed E-state index contributed by atoms with van der Waals surface area (Å²) in [6.07, 6.45) is 4.11. The highest BCUT2D eigenvalue weighted by atomic mass is 14.5. The minimum Gasteiger partial charge on any atom is -0.0642 e. The number of rotatable bonds is 13. The van der Waals surface area contributed by atoms with Gasteiger partial charge in [0.25, 0.3) is 0 Å². The predicted octanol–water partition coefficient (Wildman–Crippen LogP) is 24.9. The van der Waals surface area contributed by atoms with Crippen LogP contribution in [0.4, 0.5) is 0 Å². The van der Waals surface area contributed by atoms with Gasteiger partial charge in [-0.15, -0.1) is 0 Å². The number of benzene rings is 14. The van der Waals surface area contributed by atoms with Gasteiger partial charge in [-0.25, -0.2) is 0 Å². The van der Waals surface area contributed by atoms with Crippen LogP contribution in [0.25, 0.3) is 100 Å². The van der Waals surface area contributed by atoms with E-state index in [0.29, 0.717) is 0 Å². The monoisotopic (exact) mass is 1230 g/mol. The average Bonchev–Trinajstić information content (AvgIpc) is 1.57. The second-order valence-electron chi connectivity index (χ2n) is 27.4. The lowest BCUT2D eigenvalue weighted by molar-refractivity contribution is 0.490. The van der Waals surface area contributed by atoms with Crippen molar-refractivity contribution in [1.82, 2.24) is 0 Å². The Morgan fingerprint density at radius 2 is 0.375 bits per heavy atom. The van der Waals surface area contributed by atoms with Crippen molar-refractivity contribution in [3.63, 3.8) is 0 Å². The van der Waals surface area contributed by atoms with Gasteiger partial charge in [-0.05, 0) is 253 Å². The van der Waals surface area contributed by atoms with E-state index in [1.165, 1.54) is 167 Å². The maximum absolute atomic E-state index is 2.56. The van der Waals surface area contributed by atoms with Crippen LogP contribution in [0.2, 0.25) is 0 Å². The highest BCUT2D eigenvalue weighted by Crippen LogP contribution is 2.61. The number of hydrogen-bond acceptors (Lipinski definition) is 0. The topological polar surface area (TPSA) is 0 Å². The molecule has 0 N–H and O–H groups in total. The van der Waals surface area contributed by atoms with Gasteiger partial charge in [0, 0.05) is 10.8 Å². The minimum atomic E-state index is -0.549. The molecule has 0 amide bonds. The molecule has 0 fully saturated rings. The molecule has 4 aliphatic rings. The zero-order valence-electron chi connectivity index (χ0n) is 55.0. The summed E-state index contributed by atoms with van der Waals surface area (Å²) in [5.74, 6) is 0. The first kappa shape index (κ1) is 57.7. The van der Waals surface area contributed by atoms with E-state index >= 15 is 0 Å². The number of hydrogen-bond donors (Lipinski definition) is 0. The smallest absolute Gasteiger partial charge is 0.0642 e. The van der Waals surface area contributed by atoms with Crippen LogP contribution in [0.3, 0.4) is 0 Å². The van der Waals surface area contributed by atoms with Gasteiger partial charge in [-0.2, -0.15) is 0 Å². The maximum atomic E-state index is 2.56. The van der Waals surface area contributed by atoms with Crippen molar-refractivity contribution >= 4 is 0 Å². The minimum absolute atomic E-state index is 0.0843. The third-order valence-corrected chi connectivity index (χ3v) is 23.4. The average molecular weight is 1230 g/mol. The molecule has 14 aromatic rings. The van der Waals surface area contributed by atoms with Gasteiger partial charge in [0.05, 0.1) is 10.8 Å². The molecule has 0 nitrogen and oxygen atoms in total. The highest BCUT2D eigenvalue weighted by Gasteiger charge is 2.48. The Kier molecular flexibility index (Phi) is 13.4. The fourth-order valence-electron chi connectivity index (χ4n) is 18.8. The van der Waals surface area contributed by atoms with Crippen LogP contribution in [0.1, 0.15) is 120 Å². The Balaban J connectivity index is 0.897. The molecule has 458 valence electrons. The van der Waals surface area contributed by atoms with Crippen molar-refractivity contribution < 1.29 is 0 Å². The zero-order chi connectivity index (χ0) is 64.3. The third-order valence-electron chi connectivity index (χ3n) is 23.4. The van der Waals surface area contributed by atoms with Gasteiger partial charge in [0.2, 0.25) is 0 Å². The van der Waals surface area contributed by atoms with E-state index in [2.05, 4.69) is 355 Å². The fraction of sp³-hybridized carbons (Fsp3) is 0.125. The summed E-state index contributed by atoms with van der Waals surface area (Å²) in [6.45, 7) is 9.54. The SMILES string of the molecule is CCC1(CC)c2ccccc2-c2ccc(-c3cc(-c4cc(-c5ccc6c(c5)C(CC)(CC)c5ccccc5-6)cc(-c5ccc6c(c5)C(c5ccccc5)(c5ccccc5)c5ccccc5-6)c4)cc(-c4ccc5c(c4)C(c4ccccc4)(c4ccccc4)c4ccccc4-5)c3)cc21. The van der Waals surface area contributed by atoms with Crippen molar-refractivity contribution in [2.75, 3.05) is 0 Å². The number of fused-ring (bicyclic) bond motifs is 12. The van der Waals surface area contributed by atoms with Crippen molar-refractivity contribution in [3.8, 4) is 100 Å². The molecule has 4 aliphatic carbocycles. The molecular formula is C96H74. The summed E-state index contributed by atoms with van der Waals surface area (Å²) in [4.78, 5) is 0. The fourth-order valence-corrected chi connectivity index (χ4v) is 18.8. The van der Waals surface area contributed by atoms with Crippen LogP contribution in [0, 0.1) is 0 Å². The Morgan fingerprint density at radius 1 is 0.167 bits per heavy atom. The van der Waals surface area contributed by atoms with E-state index in [9.17, 15) is 0 Å². The van der Waals surface area contributed by atoms with Gasteiger partial charge >= 0.3 is 0 Å². The molecule has 18 rings (SSSR count). The molecule has 0 radical (unpaired) electrons. The molecule has 0 unspecified atom stereocenters. The van der Waals surface area contributed by atoms with Crippen molar-refractivity contribution in [3.05, 3.63) is 394 Å². The molecule has 0 spiro atoms. The molecule has 0 heterocycles. The first-order chi connectivity index (χ1) is 47.3. The largest absolute Gasteiger partial charge is 0.0713 e. The molecule has 0 heteroatoms. The predicted molar refractivity (Wildman–Crippen MR) is 402 cm³/mol. The summed E-state index contributed by atoms with van der Waals surface area (Å²) >= 11 is 0. The summed E-state index contributed by atoms with van der Waals surface area (Å²) in [5.41, 5.74) is 37.3. The molecule has 0 saturated heterocycles. The highest BCUT2D eigenvalue weighted by molar-refractivity contribution is 5.95. The van der Waals surface area contributed by atoms with Gasteiger partial charge < -0.3 is 0 Å². The lowest BCUT2D eigenvalue weighted by atomic mass is 9.67. The van der Waals surface area contributed by atoms with Crippen molar-refractivity contribution in [1.29, 1.82) is 0 Å². The normalized spacial score (nSPS) is 14.8. The Hall–Kier alpha value is -10.9. The standard InChI is InChI=1S/C96H74/c1-5-93(6-2)85-41-25-21-37-77(85)81-49-45-63(59-89(81)93)67-53-69(65-47-51-83-79-39-23-27-43-87(79)95(91(83)61-65,73-29-13-9-14-30-73)74-31-15-10-16-32-74)57-71(55-67)72-56-68(64-46-50-82-78-38-22-26-42-86(78)94(7-3,8-4)90(82)60-64)54-70(58-72)66-48-52-84-80-40-24-28-44-88(80)96(92(84)62-66,75-33-17-11-18-34-75)76-35-19-12-20-36-76/h9-62H,5-8H2,1-4H3. The van der Waals surface area contributed by atoms with Gasteiger partial charge in [0.1, 0.15) is 0 Å². The van der Waals surface area contributed by atoms with Crippen LogP contribution in [-0.4, -0.2) is 0 Å². The summed E-state index contributed by atoms with van der Waals surface area (Å²) < 4.78 is 0. The molecule has 0 atom stereocenters. The van der Waals surface area contributed by atoms with Crippen molar-refractivity contribution in [2.45, 2.75) is 75.0 Å². The van der Waals surface area contributed by atoms with Crippen LogP contribution < -0.4 is 0 Å². The molecule has 0 aromatic heterocycles. The van der Waals surface area contributed by atoms with Crippen molar-refractivity contribution in [2.24, 2.45) is 0 Å². The van der Waals surface area contributed by atoms with Crippen LogP contribution in [-0.2, 0) is 21.7 Å². The zero-order valence-corrected chi connectivity index (χ0v) is 55.0. The van der Waals surface area contributed by atoms with Gasteiger partial charge in [-0.1, -0.05) is 295 Å². The molecule has 96 heavy (non-hydrogen) atoms. The molecule has 0 bridgehead atoms. The van der Waals surface area contributed by atoms with Crippen LogP contribution in [0.5, 0.6) is 0 Å². The van der Waals surface area contributed by atoms with Crippen LogP contribution in [0.15, 0.2) is 328 Å². The lowest BCUT2D eigenvalue weighted by Crippen LogP contribution is -2.28. The van der Waals surface area contributed by atoms with E-state index in [1.54, 1.807) is 0 Å². The van der Waals surface area contributed by atoms with E-state index in [4.69, 9.17) is 0 Å². The second kappa shape index (κ2) is 22.4. The Bertz CT molecular complexity index is 4970. The van der Waals surface area contributed by atoms with E-state index in [0.717, 1.165) is 25.7 Å². The molecular weight excluding hydrogens is 1150 g/mol. The Morgan fingerprint density at radius 3 is 0.656 bits per heavy atom. The maximum Gasteiger partial charge on any atom is 0.0713 e. The first-order valence-corrected chi connectivity index (χ1v) is 34.9. The summed E-state index contributed by atoms with van der Waals surface area (Å²) in [5, 5.41) is 0. The molecule has 0 saturated carbocycles.